The lowest BCUT2D eigenvalue weighted by Crippen LogP contribution is -2.31. The van der Waals surface area contributed by atoms with Gasteiger partial charge in [0, 0.05) is 25.6 Å². The zero-order chi connectivity index (χ0) is 15.1. The summed E-state index contributed by atoms with van der Waals surface area (Å²) in [5, 5.41) is 11.3. The van der Waals surface area contributed by atoms with E-state index in [1.54, 1.807) is 4.90 Å². The SMILES string of the molecule is O=C(c1cc(F)ccc1-n1nccn1)N1CC2=CNCC2C1. The van der Waals surface area contributed by atoms with E-state index in [9.17, 15) is 9.18 Å². The maximum absolute atomic E-state index is 13.6. The fourth-order valence-corrected chi connectivity index (χ4v) is 3.01. The fraction of sp³-hybridized carbons (Fsp3) is 0.267. The average Bonchev–Trinajstić information content (AvgIpc) is 3.22. The van der Waals surface area contributed by atoms with Crippen LogP contribution in [0.2, 0.25) is 0 Å². The van der Waals surface area contributed by atoms with Gasteiger partial charge in [0.05, 0.1) is 23.6 Å². The molecule has 2 aliphatic heterocycles. The molecular formula is C15H14FN5O. The Morgan fingerprint density at radius 1 is 1.32 bits per heavy atom. The van der Waals surface area contributed by atoms with Crippen molar-refractivity contribution in [3.05, 3.63) is 53.7 Å². The van der Waals surface area contributed by atoms with E-state index in [4.69, 9.17) is 0 Å². The Balaban J connectivity index is 1.70. The molecule has 0 bridgehead atoms. The molecule has 2 aromatic rings. The summed E-state index contributed by atoms with van der Waals surface area (Å²) in [6.45, 7) is 2.09. The molecule has 7 heteroatoms. The van der Waals surface area contributed by atoms with Crippen molar-refractivity contribution in [3.8, 4) is 5.69 Å². The van der Waals surface area contributed by atoms with E-state index in [1.165, 1.54) is 41.0 Å². The molecular weight excluding hydrogens is 285 g/mol. The van der Waals surface area contributed by atoms with E-state index in [-0.39, 0.29) is 11.5 Å². The molecule has 0 radical (unpaired) electrons. The minimum Gasteiger partial charge on any atom is -0.390 e. The van der Waals surface area contributed by atoms with E-state index in [0.29, 0.717) is 24.7 Å². The monoisotopic (exact) mass is 299 g/mol. The summed E-state index contributed by atoms with van der Waals surface area (Å²) in [5.74, 6) is -0.273. The van der Waals surface area contributed by atoms with Crippen molar-refractivity contribution in [2.24, 2.45) is 5.92 Å². The van der Waals surface area contributed by atoms with Crippen LogP contribution in [0.5, 0.6) is 0 Å². The largest absolute Gasteiger partial charge is 0.390 e. The number of carbonyl (C=O) groups is 1. The topological polar surface area (TPSA) is 63.1 Å². The third kappa shape index (κ3) is 2.05. The van der Waals surface area contributed by atoms with Crippen LogP contribution in [0, 0.1) is 11.7 Å². The second-order valence-electron chi connectivity index (χ2n) is 5.49. The highest BCUT2D eigenvalue weighted by Crippen LogP contribution is 2.27. The summed E-state index contributed by atoms with van der Waals surface area (Å²) in [6, 6.07) is 4.09. The number of nitrogens with one attached hydrogen (secondary N) is 1. The molecule has 1 unspecified atom stereocenters. The van der Waals surface area contributed by atoms with Gasteiger partial charge in [0.15, 0.2) is 0 Å². The quantitative estimate of drug-likeness (QED) is 0.897. The van der Waals surface area contributed by atoms with E-state index in [2.05, 4.69) is 15.5 Å². The van der Waals surface area contributed by atoms with Gasteiger partial charge in [-0.15, -0.1) is 0 Å². The summed E-state index contributed by atoms with van der Waals surface area (Å²) in [7, 11) is 0. The van der Waals surface area contributed by atoms with E-state index in [1.807, 2.05) is 6.20 Å². The van der Waals surface area contributed by atoms with E-state index in [0.717, 1.165) is 6.54 Å². The van der Waals surface area contributed by atoms with Crippen molar-refractivity contribution in [1.82, 2.24) is 25.2 Å². The van der Waals surface area contributed by atoms with E-state index < -0.39 is 5.82 Å². The van der Waals surface area contributed by atoms with Gasteiger partial charge in [-0.05, 0) is 30.0 Å². The van der Waals surface area contributed by atoms with Gasteiger partial charge in [0.25, 0.3) is 5.91 Å². The van der Waals surface area contributed by atoms with Gasteiger partial charge in [-0.3, -0.25) is 4.79 Å². The Morgan fingerprint density at radius 2 is 2.14 bits per heavy atom. The maximum atomic E-state index is 13.6. The third-order valence-corrected chi connectivity index (χ3v) is 4.10. The molecule has 2 aliphatic rings. The smallest absolute Gasteiger partial charge is 0.256 e. The number of likely N-dealkylation sites (tertiary alicyclic amines) is 1. The highest BCUT2D eigenvalue weighted by molar-refractivity contribution is 5.98. The van der Waals surface area contributed by atoms with Gasteiger partial charge < -0.3 is 10.2 Å². The lowest BCUT2D eigenvalue weighted by molar-refractivity contribution is 0.0787. The molecule has 1 amide bonds. The Morgan fingerprint density at radius 3 is 2.91 bits per heavy atom. The van der Waals surface area contributed by atoms with Crippen molar-refractivity contribution < 1.29 is 9.18 Å². The summed E-state index contributed by atoms with van der Waals surface area (Å²) in [6.07, 6.45) is 5.02. The van der Waals surface area contributed by atoms with Gasteiger partial charge >= 0.3 is 0 Å². The zero-order valence-corrected chi connectivity index (χ0v) is 11.7. The molecule has 1 aromatic heterocycles. The summed E-state index contributed by atoms with van der Waals surface area (Å²) < 4.78 is 13.6. The first kappa shape index (κ1) is 13.0. The molecule has 4 rings (SSSR count). The lowest BCUT2D eigenvalue weighted by atomic mass is 10.1. The van der Waals surface area contributed by atoms with Crippen LogP contribution >= 0.6 is 0 Å². The van der Waals surface area contributed by atoms with Gasteiger partial charge in [-0.2, -0.15) is 15.0 Å². The van der Waals surface area contributed by atoms with Crippen LogP contribution in [0.15, 0.2) is 42.4 Å². The first-order chi connectivity index (χ1) is 10.7. The van der Waals surface area contributed by atoms with Crippen LogP contribution in [0.1, 0.15) is 10.4 Å². The predicted molar refractivity (Wildman–Crippen MR) is 76.8 cm³/mol. The van der Waals surface area contributed by atoms with Crippen LogP contribution < -0.4 is 5.32 Å². The molecule has 112 valence electrons. The molecule has 0 saturated carbocycles. The van der Waals surface area contributed by atoms with Crippen LogP contribution in [-0.2, 0) is 0 Å². The van der Waals surface area contributed by atoms with Crippen molar-refractivity contribution in [1.29, 1.82) is 0 Å². The molecule has 6 nitrogen and oxygen atoms in total. The van der Waals surface area contributed by atoms with Crippen LogP contribution in [0.3, 0.4) is 0 Å². The van der Waals surface area contributed by atoms with Gasteiger partial charge in [0.1, 0.15) is 5.82 Å². The van der Waals surface area contributed by atoms with Crippen LogP contribution in [0.25, 0.3) is 5.69 Å². The van der Waals surface area contributed by atoms with E-state index >= 15 is 0 Å². The molecule has 0 spiro atoms. The Kier molecular flexibility index (Phi) is 2.92. The number of rotatable bonds is 2. The lowest BCUT2D eigenvalue weighted by Gasteiger charge is -2.18. The van der Waals surface area contributed by atoms with Gasteiger partial charge in [-0.1, -0.05) is 0 Å². The number of halogens is 1. The molecule has 3 heterocycles. The van der Waals surface area contributed by atoms with Crippen LogP contribution in [-0.4, -0.2) is 45.4 Å². The fourth-order valence-electron chi connectivity index (χ4n) is 3.01. The number of carbonyl (C=O) groups excluding carboxylic acids is 1. The zero-order valence-electron chi connectivity index (χ0n) is 11.7. The molecule has 0 aliphatic carbocycles. The minimum absolute atomic E-state index is 0.192. The first-order valence-corrected chi connectivity index (χ1v) is 7.10. The summed E-state index contributed by atoms with van der Waals surface area (Å²) in [4.78, 5) is 15.9. The molecule has 1 saturated heterocycles. The van der Waals surface area contributed by atoms with Crippen molar-refractivity contribution in [3.63, 3.8) is 0 Å². The highest BCUT2D eigenvalue weighted by atomic mass is 19.1. The second-order valence-corrected chi connectivity index (χ2v) is 5.49. The second kappa shape index (κ2) is 4.94. The Hall–Kier alpha value is -2.70. The molecule has 1 atom stereocenters. The number of amides is 1. The number of benzene rings is 1. The van der Waals surface area contributed by atoms with Crippen molar-refractivity contribution in [2.75, 3.05) is 19.6 Å². The highest BCUT2D eigenvalue weighted by Gasteiger charge is 2.34. The van der Waals surface area contributed by atoms with Crippen LogP contribution in [0.4, 0.5) is 4.39 Å². The Labute approximate surface area is 126 Å². The maximum Gasteiger partial charge on any atom is 0.256 e. The standard InChI is InChI=1S/C15H14FN5O/c16-12-1-2-14(21-18-3-4-19-21)13(5-12)15(22)20-8-10-6-17-7-11(10)9-20/h1-6,11,17H,7-9H2. The number of fused-ring (bicyclic) bond motifs is 1. The molecule has 22 heavy (non-hydrogen) atoms. The van der Waals surface area contributed by atoms with Crippen molar-refractivity contribution >= 4 is 5.91 Å². The number of aromatic nitrogens is 3. The Bertz CT molecular complexity index is 755. The molecule has 1 fully saturated rings. The number of hydrogen-bond donors (Lipinski definition) is 1. The summed E-state index contributed by atoms with van der Waals surface area (Å²) in [5.41, 5.74) is 1.99. The number of hydrogen-bond acceptors (Lipinski definition) is 4. The first-order valence-electron chi connectivity index (χ1n) is 7.10. The molecule has 1 N–H and O–H groups in total. The van der Waals surface area contributed by atoms with Crippen molar-refractivity contribution in [2.45, 2.75) is 0 Å². The summed E-state index contributed by atoms with van der Waals surface area (Å²) >= 11 is 0. The predicted octanol–water partition coefficient (Wildman–Crippen LogP) is 0.965. The normalized spacial score (nSPS) is 19.8. The third-order valence-electron chi connectivity index (χ3n) is 4.10. The van der Waals surface area contributed by atoms with Gasteiger partial charge in [-0.25, -0.2) is 4.39 Å². The molecule has 1 aromatic carbocycles. The number of nitrogens with zero attached hydrogens (tertiary/aromatic N) is 4. The average molecular weight is 299 g/mol. The minimum atomic E-state index is -0.445. The van der Waals surface area contributed by atoms with Gasteiger partial charge in [0.2, 0.25) is 0 Å².